The van der Waals surface area contributed by atoms with Crippen molar-refractivity contribution in [3.63, 3.8) is 0 Å². The highest BCUT2D eigenvalue weighted by Crippen LogP contribution is 2.27. The van der Waals surface area contributed by atoms with E-state index in [9.17, 15) is 9.59 Å². The van der Waals surface area contributed by atoms with Gasteiger partial charge < -0.3 is 9.64 Å². The summed E-state index contributed by atoms with van der Waals surface area (Å²) in [6, 6.07) is 5.89. The van der Waals surface area contributed by atoms with E-state index in [1.54, 1.807) is 4.90 Å². The summed E-state index contributed by atoms with van der Waals surface area (Å²) in [7, 11) is 0. The van der Waals surface area contributed by atoms with E-state index in [0.29, 0.717) is 24.8 Å². The smallest absolute Gasteiger partial charge is 0.316 e. The van der Waals surface area contributed by atoms with Crippen molar-refractivity contribution in [1.29, 1.82) is 0 Å². The van der Waals surface area contributed by atoms with Gasteiger partial charge in [0.25, 0.3) is 0 Å². The molecule has 22 heavy (non-hydrogen) atoms. The predicted octanol–water partition coefficient (Wildman–Crippen LogP) is 2.59. The molecule has 0 bridgehead atoms. The van der Waals surface area contributed by atoms with Gasteiger partial charge in [-0.25, -0.2) is 0 Å². The standard InChI is InChI=1S/C18H23NO3/c1-12(2)10-19-11-15(9-17(19)20)18(21)22-16-7-6-13-4-3-5-14(13)8-16/h6-8,12,15H,3-5,9-11H2,1-2H3/t15-/m0/s1. The fraction of sp³-hybridized carbons (Fsp3) is 0.556. The van der Waals surface area contributed by atoms with Gasteiger partial charge in [-0.1, -0.05) is 19.9 Å². The number of aryl methyl sites for hydroxylation is 2. The van der Waals surface area contributed by atoms with E-state index in [1.807, 2.05) is 12.1 Å². The molecule has 1 atom stereocenters. The van der Waals surface area contributed by atoms with Gasteiger partial charge in [0.15, 0.2) is 0 Å². The Balaban J connectivity index is 1.62. The Kier molecular flexibility index (Phi) is 4.19. The maximum atomic E-state index is 12.3. The highest BCUT2D eigenvalue weighted by molar-refractivity contribution is 5.87. The van der Waals surface area contributed by atoms with E-state index in [0.717, 1.165) is 12.8 Å². The van der Waals surface area contributed by atoms with Gasteiger partial charge in [0.1, 0.15) is 5.75 Å². The number of likely N-dealkylation sites (tertiary alicyclic amines) is 1. The Bertz CT molecular complexity index is 594. The number of nitrogens with zero attached hydrogens (tertiary/aromatic N) is 1. The number of benzene rings is 1. The molecule has 3 rings (SSSR count). The van der Waals surface area contributed by atoms with Gasteiger partial charge in [0, 0.05) is 19.5 Å². The number of amides is 1. The first-order chi connectivity index (χ1) is 10.5. The predicted molar refractivity (Wildman–Crippen MR) is 83.6 cm³/mol. The molecule has 2 aliphatic rings. The normalized spacial score (nSPS) is 20.6. The van der Waals surface area contributed by atoms with Crippen LogP contribution in [0.15, 0.2) is 18.2 Å². The second-order valence-electron chi connectivity index (χ2n) is 6.80. The van der Waals surface area contributed by atoms with Crippen LogP contribution in [0.3, 0.4) is 0 Å². The van der Waals surface area contributed by atoms with Crippen molar-refractivity contribution in [1.82, 2.24) is 4.90 Å². The van der Waals surface area contributed by atoms with Crippen LogP contribution in [-0.2, 0) is 22.4 Å². The molecule has 0 N–H and O–H groups in total. The van der Waals surface area contributed by atoms with E-state index < -0.39 is 0 Å². The van der Waals surface area contributed by atoms with Gasteiger partial charge in [-0.05, 0) is 48.4 Å². The summed E-state index contributed by atoms with van der Waals surface area (Å²) in [5, 5.41) is 0. The van der Waals surface area contributed by atoms with Crippen LogP contribution < -0.4 is 4.74 Å². The van der Waals surface area contributed by atoms with Crippen molar-refractivity contribution >= 4 is 11.9 Å². The van der Waals surface area contributed by atoms with E-state index >= 15 is 0 Å². The molecule has 4 heteroatoms. The minimum atomic E-state index is -0.334. The Morgan fingerprint density at radius 1 is 1.32 bits per heavy atom. The molecular formula is C18H23NO3. The van der Waals surface area contributed by atoms with Gasteiger partial charge in [-0.3, -0.25) is 9.59 Å². The number of esters is 1. The van der Waals surface area contributed by atoms with Gasteiger partial charge in [-0.15, -0.1) is 0 Å². The molecule has 1 aliphatic heterocycles. The lowest BCUT2D eigenvalue weighted by molar-refractivity contribution is -0.139. The summed E-state index contributed by atoms with van der Waals surface area (Å²) in [6.07, 6.45) is 3.63. The van der Waals surface area contributed by atoms with Crippen LogP contribution >= 0.6 is 0 Å². The molecule has 1 amide bonds. The summed E-state index contributed by atoms with van der Waals surface area (Å²) >= 11 is 0. The van der Waals surface area contributed by atoms with Crippen LogP contribution in [0.5, 0.6) is 5.75 Å². The first kappa shape index (κ1) is 15.1. The molecule has 0 aromatic heterocycles. The van der Waals surface area contributed by atoms with Crippen LogP contribution in [0.2, 0.25) is 0 Å². The van der Waals surface area contributed by atoms with Crippen molar-refractivity contribution in [3.8, 4) is 5.75 Å². The average molecular weight is 301 g/mol. The van der Waals surface area contributed by atoms with E-state index in [1.165, 1.54) is 17.5 Å². The SMILES string of the molecule is CC(C)CN1C[C@@H](C(=O)Oc2ccc3c(c2)CCC3)CC1=O. The number of fused-ring (bicyclic) bond motifs is 1. The first-order valence-electron chi connectivity index (χ1n) is 8.14. The Morgan fingerprint density at radius 2 is 2.09 bits per heavy atom. The Morgan fingerprint density at radius 3 is 2.86 bits per heavy atom. The van der Waals surface area contributed by atoms with Gasteiger partial charge in [0.05, 0.1) is 5.92 Å². The second-order valence-corrected chi connectivity index (χ2v) is 6.80. The number of hydrogen-bond donors (Lipinski definition) is 0. The van der Waals surface area contributed by atoms with Crippen LogP contribution in [-0.4, -0.2) is 29.9 Å². The van der Waals surface area contributed by atoms with Crippen molar-refractivity contribution in [2.45, 2.75) is 39.5 Å². The van der Waals surface area contributed by atoms with Gasteiger partial charge >= 0.3 is 5.97 Å². The number of ether oxygens (including phenoxy) is 1. The molecule has 1 aromatic carbocycles. The largest absolute Gasteiger partial charge is 0.426 e. The summed E-state index contributed by atoms with van der Waals surface area (Å²) in [6.45, 7) is 5.34. The maximum absolute atomic E-state index is 12.3. The zero-order valence-corrected chi connectivity index (χ0v) is 13.3. The fourth-order valence-corrected chi connectivity index (χ4v) is 3.36. The second kappa shape index (κ2) is 6.11. The number of carbonyl (C=O) groups excluding carboxylic acids is 2. The molecule has 1 fully saturated rings. The molecule has 1 heterocycles. The minimum Gasteiger partial charge on any atom is -0.426 e. The quantitative estimate of drug-likeness (QED) is 0.634. The number of carbonyl (C=O) groups is 2. The third kappa shape index (κ3) is 3.16. The van der Waals surface area contributed by atoms with Crippen LogP contribution in [0, 0.1) is 11.8 Å². The van der Waals surface area contributed by atoms with Crippen LogP contribution in [0.1, 0.15) is 37.8 Å². The lowest BCUT2D eigenvalue weighted by atomic mass is 10.1. The summed E-state index contributed by atoms with van der Waals surface area (Å²) < 4.78 is 5.51. The molecule has 1 aromatic rings. The minimum absolute atomic E-state index is 0.0598. The lowest BCUT2D eigenvalue weighted by Crippen LogP contribution is -2.30. The van der Waals surface area contributed by atoms with E-state index in [-0.39, 0.29) is 24.2 Å². The van der Waals surface area contributed by atoms with Crippen molar-refractivity contribution < 1.29 is 14.3 Å². The average Bonchev–Trinajstić information content (AvgIpc) is 3.05. The topological polar surface area (TPSA) is 46.6 Å². The molecule has 118 valence electrons. The highest BCUT2D eigenvalue weighted by atomic mass is 16.5. The Labute approximate surface area is 131 Å². The van der Waals surface area contributed by atoms with Crippen molar-refractivity contribution in [2.24, 2.45) is 11.8 Å². The van der Waals surface area contributed by atoms with Crippen LogP contribution in [0.25, 0.3) is 0 Å². The summed E-state index contributed by atoms with van der Waals surface area (Å²) in [5.41, 5.74) is 2.65. The third-order valence-corrected chi connectivity index (χ3v) is 4.42. The monoisotopic (exact) mass is 301 g/mol. The molecule has 0 spiro atoms. The highest BCUT2D eigenvalue weighted by Gasteiger charge is 2.35. The zero-order chi connectivity index (χ0) is 15.7. The van der Waals surface area contributed by atoms with Gasteiger partial charge in [-0.2, -0.15) is 0 Å². The van der Waals surface area contributed by atoms with Crippen molar-refractivity contribution in [3.05, 3.63) is 29.3 Å². The first-order valence-corrected chi connectivity index (χ1v) is 8.14. The lowest BCUT2D eigenvalue weighted by Gasteiger charge is -2.18. The third-order valence-electron chi connectivity index (χ3n) is 4.42. The zero-order valence-electron chi connectivity index (χ0n) is 13.3. The Hall–Kier alpha value is -1.84. The van der Waals surface area contributed by atoms with E-state index in [2.05, 4.69) is 19.9 Å². The van der Waals surface area contributed by atoms with E-state index in [4.69, 9.17) is 4.74 Å². The maximum Gasteiger partial charge on any atom is 0.316 e. The fourth-order valence-electron chi connectivity index (χ4n) is 3.36. The molecule has 1 aliphatic carbocycles. The number of hydrogen-bond acceptors (Lipinski definition) is 3. The summed E-state index contributed by atoms with van der Waals surface area (Å²) in [4.78, 5) is 26.0. The molecule has 1 saturated heterocycles. The molecule has 0 saturated carbocycles. The molecule has 4 nitrogen and oxygen atoms in total. The van der Waals surface area contributed by atoms with Crippen LogP contribution in [0.4, 0.5) is 0 Å². The molecular weight excluding hydrogens is 278 g/mol. The van der Waals surface area contributed by atoms with Crippen molar-refractivity contribution in [2.75, 3.05) is 13.1 Å². The van der Waals surface area contributed by atoms with Gasteiger partial charge in [0.2, 0.25) is 5.91 Å². The molecule has 0 unspecified atom stereocenters. The number of rotatable bonds is 4. The summed E-state index contributed by atoms with van der Waals surface area (Å²) in [5.74, 6) is 0.470. The molecule has 0 radical (unpaired) electrons.